The summed E-state index contributed by atoms with van der Waals surface area (Å²) in [7, 11) is 1.83. The molecule has 114 valence electrons. The normalized spacial score (nSPS) is 14.0. The first-order valence-electron chi connectivity index (χ1n) is 7.73. The van der Waals surface area contributed by atoms with E-state index in [-0.39, 0.29) is 0 Å². The van der Waals surface area contributed by atoms with Gasteiger partial charge < -0.3 is 10.6 Å². The molecular formula is C15H34N4. The van der Waals surface area contributed by atoms with Crippen molar-refractivity contribution in [1.82, 2.24) is 15.5 Å². The summed E-state index contributed by atoms with van der Waals surface area (Å²) in [5, 5.41) is 6.78. The van der Waals surface area contributed by atoms with Gasteiger partial charge in [0.05, 0.1) is 0 Å². The van der Waals surface area contributed by atoms with Crippen LogP contribution in [0.3, 0.4) is 0 Å². The van der Waals surface area contributed by atoms with Gasteiger partial charge in [-0.1, -0.05) is 27.7 Å². The molecule has 0 saturated carbocycles. The van der Waals surface area contributed by atoms with Gasteiger partial charge in [-0.05, 0) is 38.8 Å². The fourth-order valence-corrected chi connectivity index (χ4v) is 2.16. The predicted octanol–water partition coefficient (Wildman–Crippen LogP) is 2.32. The SMILES string of the molecule is CCN(CC)C(C)CNC(=NC)NCCCC(C)C. The molecule has 0 rings (SSSR count). The molecule has 4 nitrogen and oxygen atoms in total. The topological polar surface area (TPSA) is 39.7 Å². The van der Waals surface area contributed by atoms with Gasteiger partial charge in [0.15, 0.2) is 5.96 Å². The highest BCUT2D eigenvalue weighted by Gasteiger charge is 2.10. The van der Waals surface area contributed by atoms with E-state index in [4.69, 9.17) is 0 Å². The standard InChI is InChI=1S/C15H34N4/c1-7-19(8-2)14(5)12-18-15(16-6)17-11-9-10-13(3)4/h13-14H,7-12H2,1-6H3,(H2,16,17,18). The Morgan fingerprint density at radius 3 is 2.21 bits per heavy atom. The Balaban J connectivity index is 3.88. The number of guanidine groups is 1. The Morgan fingerprint density at radius 1 is 1.11 bits per heavy atom. The summed E-state index contributed by atoms with van der Waals surface area (Å²) in [5.74, 6) is 1.70. The van der Waals surface area contributed by atoms with Crippen molar-refractivity contribution in [1.29, 1.82) is 0 Å². The van der Waals surface area contributed by atoms with Crippen LogP contribution in [0.15, 0.2) is 4.99 Å². The molecule has 0 aliphatic rings. The molecule has 0 aromatic heterocycles. The molecule has 0 radical (unpaired) electrons. The second-order valence-electron chi connectivity index (χ2n) is 5.49. The first-order chi connectivity index (χ1) is 9.04. The molecule has 1 unspecified atom stereocenters. The molecule has 0 spiro atoms. The number of nitrogens with zero attached hydrogens (tertiary/aromatic N) is 2. The molecule has 0 aliphatic carbocycles. The van der Waals surface area contributed by atoms with Crippen LogP contribution < -0.4 is 10.6 Å². The van der Waals surface area contributed by atoms with Crippen molar-refractivity contribution in [3.63, 3.8) is 0 Å². The van der Waals surface area contributed by atoms with Gasteiger partial charge in [0.2, 0.25) is 0 Å². The lowest BCUT2D eigenvalue weighted by molar-refractivity contribution is 0.231. The molecule has 2 N–H and O–H groups in total. The minimum Gasteiger partial charge on any atom is -0.356 e. The van der Waals surface area contributed by atoms with Gasteiger partial charge in [-0.15, -0.1) is 0 Å². The molecule has 0 bridgehead atoms. The molecule has 0 aromatic carbocycles. The minimum absolute atomic E-state index is 0.532. The highest BCUT2D eigenvalue weighted by molar-refractivity contribution is 5.79. The van der Waals surface area contributed by atoms with Gasteiger partial charge in [0.25, 0.3) is 0 Å². The Kier molecular flexibility index (Phi) is 10.6. The van der Waals surface area contributed by atoms with Crippen LogP contribution >= 0.6 is 0 Å². The zero-order valence-electron chi connectivity index (χ0n) is 13.8. The van der Waals surface area contributed by atoms with Gasteiger partial charge >= 0.3 is 0 Å². The van der Waals surface area contributed by atoms with E-state index in [0.29, 0.717) is 6.04 Å². The van der Waals surface area contributed by atoms with Crippen LogP contribution in [0, 0.1) is 5.92 Å². The maximum Gasteiger partial charge on any atom is 0.191 e. The van der Waals surface area contributed by atoms with E-state index in [1.807, 2.05) is 7.05 Å². The van der Waals surface area contributed by atoms with E-state index in [9.17, 15) is 0 Å². The van der Waals surface area contributed by atoms with Crippen molar-refractivity contribution in [3.05, 3.63) is 0 Å². The van der Waals surface area contributed by atoms with Crippen LogP contribution in [-0.4, -0.2) is 50.1 Å². The fraction of sp³-hybridized carbons (Fsp3) is 0.933. The third-order valence-electron chi connectivity index (χ3n) is 3.47. The zero-order chi connectivity index (χ0) is 14.7. The van der Waals surface area contributed by atoms with E-state index < -0.39 is 0 Å². The number of likely N-dealkylation sites (N-methyl/N-ethyl adjacent to an activating group) is 1. The van der Waals surface area contributed by atoms with Crippen molar-refractivity contribution >= 4 is 5.96 Å². The van der Waals surface area contributed by atoms with Crippen LogP contribution in [-0.2, 0) is 0 Å². The summed E-state index contributed by atoms with van der Waals surface area (Å²) < 4.78 is 0. The lowest BCUT2D eigenvalue weighted by atomic mass is 10.1. The van der Waals surface area contributed by atoms with Crippen LogP contribution in [0.5, 0.6) is 0 Å². The molecule has 0 aliphatic heterocycles. The monoisotopic (exact) mass is 270 g/mol. The summed E-state index contributed by atoms with van der Waals surface area (Å²) in [6.07, 6.45) is 2.46. The van der Waals surface area contributed by atoms with Gasteiger partial charge in [0, 0.05) is 26.2 Å². The number of hydrogen-bond donors (Lipinski definition) is 2. The lowest BCUT2D eigenvalue weighted by Crippen LogP contribution is -2.46. The Morgan fingerprint density at radius 2 is 1.74 bits per heavy atom. The summed E-state index contributed by atoms with van der Waals surface area (Å²) in [4.78, 5) is 6.71. The van der Waals surface area contributed by atoms with E-state index in [1.165, 1.54) is 12.8 Å². The average molecular weight is 270 g/mol. The second-order valence-corrected chi connectivity index (χ2v) is 5.49. The van der Waals surface area contributed by atoms with Crippen LogP contribution in [0.4, 0.5) is 0 Å². The molecule has 0 aromatic rings. The number of aliphatic imine (C=N–C) groups is 1. The van der Waals surface area contributed by atoms with Crippen molar-refractivity contribution in [2.24, 2.45) is 10.9 Å². The molecule has 1 atom stereocenters. The van der Waals surface area contributed by atoms with Crippen molar-refractivity contribution in [3.8, 4) is 0 Å². The third-order valence-corrected chi connectivity index (χ3v) is 3.47. The van der Waals surface area contributed by atoms with E-state index >= 15 is 0 Å². The number of rotatable bonds is 9. The average Bonchev–Trinajstić information content (AvgIpc) is 2.39. The predicted molar refractivity (Wildman–Crippen MR) is 85.8 cm³/mol. The largest absolute Gasteiger partial charge is 0.356 e. The van der Waals surface area contributed by atoms with Crippen LogP contribution in [0.25, 0.3) is 0 Å². The highest BCUT2D eigenvalue weighted by Crippen LogP contribution is 2.01. The fourth-order valence-electron chi connectivity index (χ4n) is 2.16. The Labute approximate surface area is 120 Å². The van der Waals surface area contributed by atoms with Crippen LogP contribution in [0.1, 0.15) is 47.5 Å². The van der Waals surface area contributed by atoms with E-state index in [0.717, 1.165) is 38.1 Å². The summed E-state index contributed by atoms with van der Waals surface area (Å²) in [6, 6.07) is 0.532. The molecule has 4 heteroatoms. The number of hydrogen-bond acceptors (Lipinski definition) is 2. The smallest absolute Gasteiger partial charge is 0.191 e. The lowest BCUT2D eigenvalue weighted by Gasteiger charge is -2.27. The Hall–Kier alpha value is -0.770. The summed E-state index contributed by atoms with van der Waals surface area (Å²) in [6.45, 7) is 15.3. The number of nitrogens with one attached hydrogen (secondary N) is 2. The highest BCUT2D eigenvalue weighted by atomic mass is 15.2. The molecule has 0 amide bonds. The summed E-state index contributed by atoms with van der Waals surface area (Å²) >= 11 is 0. The van der Waals surface area contributed by atoms with Gasteiger partial charge in [-0.25, -0.2) is 0 Å². The van der Waals surface area contributed by atoms with Crippen molar-refractivity contribution < 1.29 is 0 Å². The van der Waals surface area contributed by atoms with Crippen molar-refractivity contribution in [2.45, 2.75) is 53.5 Å². The second kappa shape index (κ2) is 11.1. The molecule has 19 heavy (non-hydrogen) atoms. The first-order valence-corrected chi connectivity index (χ1v) is 7.73. The van der Waals surface area contributed by atoms with Crippen LogP contribution in [0.2, 0.25) is 0 Å². The van der Waals surface area contributed by atoms with Gasteiger partial charge in [-0.2, -0.15) is 0 Å². The molecule has 0 heterocycles. The van der Waals surface area contributed by atoms with E-state index in [2.05, 4.69) is 55.1 Å². The quantitative estimate of drug-likeness (QED) is 0.384. The van der Waals surface area contributed by atoms with E-state index in [1.54, 1.807) is 0 Å². The van der Waals surface area contributed by atoms with Gasteiger partial charge in [-0.3, -0.25) is 9.89 Å². The third kappa shape index (κ3) is 8.87. The molecule has 0 saturated heterocycles. The molecular weight excluding hydrogens is 236 g/mol. The van der Waals surface area contributed by atoms with Gasteiger partial charge in [0.1, 0.15) is 0 Å². The maximum absolute atomic E-state index is 4.26. The minimum atomic E-state index is 0.532. The Bertz CT molecular complexity index is 234. The maximum atomic E-state index is 4.26. The van der Waals surface area contributed by atoms with Crippen molar-refractivity contribution in [2.75, 3.05) is 33.2 Å². The summed E-state index contributed by atoms with van der Waals surface area (Å²) in [5.41, 5.74) is 0. The first kappa shape index (κ1) is 18.2. The zero-order valence-corrected chi connectivity index (χ0v) is 13.8. The molecule has 0 fully saturated rings.